The molecule has 0 aliphatic heterocycles. The minimum atomic E-state index is -0.330. The Balaban J connectivity index is 1.62. The zero-order chi connectivity index (χ0) is 17.2. The molecule has 0 aliphatic carbocycles. The fourth-order valence-electron chi connectivity index (χ4n) is 2.67. The highest BCUT2D eigenvalue weighted by Crippen LogP contribution is 2.25. The second-order valence-corrected chi connectivity index (χ2v) is 6.73. The van der Waals surface area contributed by atoms with Crippen LogP contribution in [0.25, 0.3) is 22.5 Å². The molecule has 0 unspecified atom stereocenters. The summed E-state index contributed by atoms with van der Waals surface area (Å²) in [4.78, 5) is 8.60. The van der Waals surface area contributed by atoms with Crippen molar-refractivity contribution in [2.24, 2.45) is 0 Å². The summed E-state index contributed by atoms with van der Waals surface area (Å²) in [5.74, 6) is -0.330. The van der Waals surface area contributed by atoms with E-state index in [4.69, 9.17) is 0 Å². The molecule has 4 rings (SSSR count). The average molecular weight is 350 g/mol. The van der Waals surface area contributed by atoms with E-state index >= 15 is 0 Å². The van der Waals surface area contributed by atoms with Gasteiger partial charge in [0.1, 0.15) is 11.5 Å². The lowest BCUT2D eigenvalue weighted by Crippen LogP contribution is -2.00. The Morgan fingerprint density at radius 3 is 2.80 bits per heavy atom. The first kappa shape index (κ1) is 15.7. The lowest BCUT2D eigenvalue weighted by atomic mass is 10.1. The third-order valence-electron chi connectivity index (χ3n) is 3.82. The van der Waals surface area contributed by atoms with Gasteiger partial charge >= 0.3 is 0 Å². The molecule has 0 spiro atoms. The molecular formula is C19H15FN4S. The second kappa shape index (κ2) is 6.57. The zero-order valence-electron chi connectivity index (χ0n) is 13.6. The van der Waals surface area contributed by atoms with E-state index in [-0.39, 0.29) is 5.82 Å². The van der Waals surface area contributed by atoms with Gasteiger partial charge in [0, 0.05) is 28.9 Å². The Kier molecular flexibility index (Phi) is 4.11. The van der Waals surface area contributed by atoms with E-state index in [0.717, 1.165) is 27.5 Å². The number of halogens is 1. The molecule has 0 amide bonds. The minimum absolute atomic E-state index is 0.330. The zero-order valence-corrected chi connectivity index (χ0v) is 14.4. The smallest absolute Gasteiger partial charge is 0.149 e. The molecule has 0 bridgehead atoms. The fraction of sp³-hybridized carbons (Fsp3) is 0.105. The maximum absolute atomic E-state index is 14.0. The van der Waals surface area contributed by atoms with Gasteiger partial charge in [-0.1, -0.05) is 18.2 Å². The molecule has 1 aromatic carbocycles. The second-order valence-electron chi connectivity index (χ2n) is 5.67. The number of aryl methyl sites for hydroxylation is 1. The number of thiazole rings is 1. The molecule has 0 aliphatic rings. The molecule has 124 valence electrons. The molecule has 0 radical (unpaired) electrons. The van der Waals surface area contributed by atoms with Crippen LogP contribution in [-0.2, 0) is 6.54 Å². The van der Waals surface area contributed by atoms with Crippen molar-refractivity contribution in [1.29, 1.82) is 0 Å². The first-order valence-corrected chi connectivity index (χ1v) is 8.73. The van der Waals surface area contributed by atoms with Crippen LogP contribution >= 0.6 is 11.3 Å². The number of aromatic nitrogens is 4. The van der Waals surface area contributed by atoms with Crippen molar-refractivity contribution in [3.05, 3.63) is 76.8 Å². The van der Waals surface area contributed by atoms with Crippen LogP contribution in [0.2, 0.25) is 0 Å². The fourth-order valence-corrected chi connectivity index (χ4v) is 3.28. The van der Waals surface area contributed by atoms with Crippen LogP contribution in [-0.4, -0.2) is 19.7 Å². The number of pyridine rings is 1. The van der Waals surface area contributed by atoms with Crippen LogP contribution in [0.4, 0.5) is 4.39 Å². The lowest BCUT2D eigenvalue weighted by molar-refractivity contribution is 0.626. The normalized spacial score (nSPS) is 11.0. The predicted molar refractivity (Wildman–Crippen MR) is 96.8 cm³/mol. The summed E-state index contributed by atoms with van der Waals surface area (Å²) in [5, 5.41) is 7.70. The Morgan fingerprint density at radius 1 is 1.12 bits per heavy atom. The summed E-state index contributed by atoms with van der Waals surface area (Å²) in [6.45, 7) is 2.63. The Morgan fingerprint density at radius 2 is 2.00 bits per heavy atom. The maximum atomic E-state index is 14.0. The van der Waals surface area contributed by atoms with Crippen LogP contribution in [0, 0.1) is 12.7 Å². The number of rotatable bonds is 4. The molecule has 0 atom stereocenters. The Bertz CT molecular complexity index is 1020. The average Bonchev–Trinajstić information content (AvgIpc) is 3.25. The molecule has 0 saturated carbocycles. The first-order valence-electron chi connectivity index (χ1n) is 7.85. The summed E-state index contributed by atoms with van der Waals surface area (Å²) < 4.78 is 15.8. The highest BCUT2D eigenvalue weighted by Gasteiger charge is 2.09. The monoisotopic (exact) mass is 350 g/mol. The van der Waals surface area contributed by atoms with Gasteiger partial charge in [0.15, 0.2) is 0 Å². The van der Waals surface area contributed by atoms with E-state index in [1.165, 1.54) is 6.07 Å². The van der Waals surface area contributed by atoms with E-state index < -0.39 is 0 Å². The van der Waals surface area contributed by atoms with E-state index in [9.17, 15) is 4.39 Å². The van der Waals surface area contributed by atoms with Gasteiger partial charge in [-0.2, -0.15) is 5.10 Å². The Labute approximate surface area is 148 Å². The van der Waals surface area contributed by atoms with Crippen molar-refractivity contribution in [2.75, 3.05) is 0 Å². The van der Waals surface area contributed by atoms with Crippen molar-refractivity contribution in [1.82, 2.24) is 19.7 Å². The molecule has 4 nitrogen and oxygen atoms in total. The van der Waals surface area contributed by atoms with Crippen molar-refractivity contribution < 1.29 is 4.39 Å². The number of hydrogen-bond donors (Lipinski definition) is 0. The van der Waals surface area contributed by atoms with Crippen LogP contribution in [0.3, 0.4) is 0 Å². The van der Waals surface area contributed by atoms with Crippen LogP contribution in [0.1, 0.15) is 10.7 Å². The summed E-state index contributed by atoms with van der Waals surface area (Å²) in [5.41, 5.74) is 3.85. The topological polar surface area (TPSA) is 43.6 Å². The number of benzene rings is 1. The standard InChI is InChI=1S/C19H15FN4S/c1-13-22-16(12-25-13)11-24-9-7-18(23-24)14-4-2-5-15(10-14)19-17(20)6-3-8-21-19/h2-10,12H,11H2,1H3. The molecule has 0 saturated heterocycles. The van der Waals surface area contributed by atoms with E-state index in [1.54, 1.807) is 23.6 Å². The lowest BCUT2D eigenvalue weighted by Gasteiger charge is -2.04. The van der Waals surface area contributed by atoms with Crippen molar-refractivity contribution in [3.63, 3.8) is 0 Å². The maximum Gasteiger partial charge on any atom is 0.149 e. The molecule has 3 heterocycles. The van der Waals surface area contributed by atoms with Gasteiger partial charge in [-0.3, -0.25) is 9.67 Å². The predicted octanol–water partition coefficient (Wildman–Crippen LogP) is 4.56. The van der Waals surface area contributed by atoms with E-state index in [1.807, 2.05) is 53.5 Å². The molecule has 4 aromatic rings. The van der Waals surface area contributed by atoms with Crippen LogP contribution in [0.15, 0.2) is 60.2 Å². The van der Waals surface area contributed by atoms with Gasteiger partial charge in [-0.15, -0.1) is 11.3 Å². The SMILES string of the molecule is Cc1nc(Cn2ccc(-c3cccc(-c4ncccc4F)c3)n2)cs1. The summed E-state index contributed by atoms with van der Waals surface area (Å²) in [7, 11) is 0. The molecule has 25 heavy (non-hydrogen) atoms. The van der Waals surface area contributed by atoms with Gasteiger partial charge in [-0.25, -0.2) is 9.37 Å². The quantitative estimate of drug-likeness (QED) is 0.542. The minimum Gasteiger partial charge on any atom is -0.266 e. The summed E-state index contributed by atoms with van der Waals surface area (Å²) in [6.07, 6.45) is 3.52. The summed E-state index contributed by atoms with van der Waals surface area (Å²) >= 11 is 1.63. The van der Waals surface area contributed by atoms with Crippen molar-refractivity contribution in [2.45, 2.75) is 13.5 Å². The largest absolute Gasteiger partial charge is 0.266 e. The van der Waals surface area contributed by atoms with Crippen LogP contribution in [0.5, 0.6) is 0 Å². The van der Waals surface area contributed by atoms with Gasteiger partial charge in [0.2, 0.25) is 0 Å². The molecule has 0 N–H and O–H groups in total. The highest BCUT2D eigenvalue weighted by molar-refractivity contribution is 7.09. The number of nitrogens with zero attached hydrogens (tertiary/aromatic N) is 4. The van der Waals surface area contributed by atoms with Crippen molar-refractivity contribution in [3.8, 4) is 22.5 Å². The number of hydrogen-bond acceptors (Lipinski definition) is 4. The van der Waals surface area contributed by atoms with Crippen molar-refractivity contribution >= 4 is 11.3 Å². The molecule has 0 fully saturated rings. The summed E-state index contributed by atoms with van der Waals surface area (Å²) in [6, 6.07) is 12.6. The molecular weight excluding hydrogens is 335 g/mol. The molecule has 3 aromatic heterocycles. The molecule has 6 heteroatoms. The van der Waals surface area contributed by atoms with Gasteiger partial charge in [-0.05, 0) is 31.2 Å². The Hall–Kier alpha value is -2.86. The third kappa shape index (κ3) is 3.34. The third-order valence-corrected chi connectivity index (χ3v) is 4.64. The van der Waals surface area contributed by atoms with Crippen LogP contribution < -0.4 is 0 Å². The van der Waals surface area contributed by atoms with Gasteiger partial charge in [0.25, 0.3) is 0 Å². The van der Waals surface area contributed by atoms with Gasteiger partial charge < -0.3 is 0 Å². The van der Waals surface area contributed by atoms with Gasteiger partial charge in [0.05, 0.1) is 22.9 Å². The van der Waals surface area contributed by atoms with E-state index in [0.29, 0.717) is 12.2 Å². The first-order chi connectivity index (χ1) is 12.2. The van der Waals surface area contributed by atoms with E-state index in [2.05, 4.69) is 15.1 Å². The highest BCUT2D eigenvalue weighted by atomic mass is 32.1.